The second kappa shape index (κ2) is 6.84. The van der Waals surface area contributed by atoms with Gasteiger partial charge in [-0.05, 0) is 24.2 Å². The van der Waals surface area contributed by atoms with Crippen molar-refractivity contribution in [3.63, 3.8) is 0 Å². The number of rotatable bonds is 7. The van der Waals surface area contributed by atoms with Crippen molar-refractivity contribution in [2.24, 2.45) is 7.05 Å². The molecule has 1 heterocycles. The third kappa shape index (κ3) is 3.90. The smallest absolute Gasteiger partial charge is 0.241 e. The van der Waals surface area contributed by atoms with Crippen molar-refractivity contribution in [2.45, 2.75) is 24.9 Å². The van der Waals surface area contributed by atoms with Crippen LogP contribution in [0.4, 0.5) is 0 Å². The molecule has 1 aromatic heterocycles. The molecule has 2 rings (SSSR count). The fraction of sp³-hybridized carbons (Fsp3) is 0.357. The second-order valence-electron chi connectivity index (χ2n) is 4.66. The lowest BCUT2D eigenvalue weighted by Crippen LogP contribution is -2.26. The maximum absolute atomic E-state index is 12.5. The third-order valence-electron chi connectivity index (χ3n) is 3.19. The van der Waals surface area contributed by atoms with Crippen LogP contribution in [0.25, 0.3) is 0 Å². The van der Waals surface area contributed by atoms with Gasteiger partial charge in [0.2, 0.25) is 10.0 Å². The van der Waals surface area contributed by atoms with E-state index in [2.05, 4.69) is 15.1 Å². The van der Waals surface area contributed by atoms with Gasteiger partial charge in [-0.2, -0.15) is 5.10 Å². The molecule has 0 fully saturated rings. The molecule has 2 N–H and O–H groups in total. The first-order chi connectivity index (χ1) is 10.0. The van der Waals surface area contributed by atoms with E-state index in [0.717, 1.165) is 17.8 Å². The number of nitrogens with one attached hydrogen (secondary N) is 2. The Labute approximate surface area is 125 Å². The lowest BCUT2D eigenvalue weighted by molar-refractivity contribution is 0.574. The molecule has 0 radical (unpaired) electrons. The Balaban J connectivity index is 2.17. The maximum atomic E-state index is 12.5. The van der Waals surface area contributed by atoms with Crippen LogP contribution in [0.1, 0.15) is 18.2 Å². The van der Waals surface area contributed by atoms with E-state index in [-0.39, 0.29) is 6.54 Å². The summed E-state index contributed by atoms with van der Waals surface area (Å²) < 4.78 is 29.2. The lowest BCUT2D eigenvalue weighted by Gasteiger charge is -2.12. The number of nitrogens with zero attached hydrogens (tertiary/aromatic N) is 2. The molecular weight excluding hydrogens is 288 g/mol. The minimum Gasteiger partial charge on any atom is -0.313 e. The molecule has 0 atom stereocenters. The van der Waals surface area contributed by atoms with E-state index >= 15 is 0 Å². The highest BCUT2D eigenvalue weighted by molar-refractivity contribution is 7.89. The summed E-state index contributed by atoms with van der Waals surface area (Å²) >= 11 is 0. The predicted octanol–water partition coefficient (Wildman–Crippen LogP) is 1.01. The highest BCUT2D eigenvalue weighted by Crippen LogP contribution is 2.15. The van der Waals surface area contributed by atoms with Crippen LogP contribution in [-0.4, -0.2) is 24.7 Å². The molecule has 0 saturated carbocycles. The summed E-state index contributed by atoms with van der Waals surface area (Å²) in [5.74, 6) is 0. The average molecular weight is 308 g/mol. The Kier molecular flexibility index (Phi) is 5.11. The first-order valence-electron chi connectivity index (χ1n) is 6.79. The molecule has 114 valence electrons. The van der Waals surface area contributed by atoms with Crippen molar-refractivity contribution < 1.29 is 8.42 Å². The average Bonchev–Trinajstić information content (AvgIpc) is 2.89. The van der Waals surface area contributed by atoms with Crippen molar-refractivity contribution in [2.75, 3.05) is 6.54 Å². The van der Waals surface area contributed by atoms with Crippen molar-refractivity contribution >= 4 is 10.0 Å². The Hall–Kier alpha value is -1.70. The van der Waals surface area contributed by atoms with Gasteiger partial charge in [-0.1, -0.05) is 25.1 Å². The van der Waals surface area contributed by atoms with Crippen LogP contribution in [0.2, 0.25) is 0 Å². The van der Waals surface area contributed by atoms with Crippen LogP contribution < -0.4 is 10.0 Å². The van der Waals surface area contributed by atoms with Crippen molar-refractivity contribution in [1.82, 2.24) is 19.8 Å². The highest BCUT2D eigenvalue weighted by Gasteiger charge is 2.18. The van der Waals surface area contributed by atoms with E-state index in [0.29, 0.717) is 11.4 Å². The fourth-order valence-corrected chi connectivity index (χ4v) is 3.23. The lowest BCUT2D eigenvalue weighted by atomic mass is 10.2. The number of hydrogen-bond donors (Lipinski definition) is 2. The largest absolute Gasteiger partial charge is 0.313 e. The van der Waals surface area contributed by atoms with E-state index in [1.807, 2.05) is 19.1 Å². The number of sulfonamides is 1. The van der Waals surface area contributed by atoms with Gasteiger partial charge in [0.15, 0.2) is 0 Å². The molecule has 0 amide bonds. The molecule has 1 aromatic carbocycles. The zero-order chi connectivity index (χ0) is 15.3. The number of benzene rings is 1. The molecule has 0 unspecified atom stereocenters. The van der Waals surface area contributed by atoms with Crippen LogP contribution in [0.15, 0.2) is 41.4 Å². The molecule has 6 nitrogen and oxygen atoms in total. The Bertz CT molecular complexity index is 695. The number of aromatic nitrogens is 2. The fourth-order valence-electron chi connectivity index (χ4n) is 1.99. The van der Waals surface area contributed by atoms with E-state index in [1.54, 1.807) is 36.1 Å². The van der Waals surface area contributed by atoms with Crippen LogP contribution >= 0.6 is 0 Å². The Morgan fingerprint density at radius 1 is 1.19 bits per heavy atom. The molecule has 0 saturated heterocycles. The molecule has 0 aliphatic heterocycles. The first kappa shape index (κ1) is 15.7. The molecule has 0 aliphatic carbocycles. The summed E-state index contributed by atoms with van der Waals surface area (Å²) in [5, 5.41) is 7.17. The van der Waals surface area contributed by atoms with Crippen molar-refractivity contribution in [3.05, 3.63) is 47.8 Å². The second-order valence-corrected chi connectivity index (χ2v) is 6.39. The minimum atomic E-state index is -3.55. The van der Waals surface area contributed by atoms with Gasteiger partial charge in [0.25, 0.3) is 0 Å². The molecule has 0 spiro atoms. The van der Waals surface area contributed by atoms with Crippen molar-refractivity contribution in [1.29, 1.82) is 0 Å². The SMILES string of the molecule is CCNCc1ccccc1S(=O)(=O)NCc1ccnn1C. The molecule has 0 aliphatic rings. The summed E-state index contributed by atoms with van der Waals surface area (Å²) in [4.78, 5) is 0.313. The zero-order valence-corrected chi connectivity index (χ0v) is 13.0. The van der Waals surface area contributed by atoms with E-state index in [1.165, 1.54) is 0 Å². The van der Waals surface area contributed by atoms with Gasteiger partial charge in [0.1, 0.15) is 0 Å². The Morgan fingerprint density at radius 3 is 2.62 bits per heavy atom. The standard InChI is InChI=1S/C14H20N4O2S/c1-3-15-10-12-6-4-5-7-14(12)21(19,20)17-11-13-8-9-16-18(13)2/h4-9,15,17H,3,10-11H2,1-2H3. The quantitative estimate of drug-likeness (QED) is 0.800. The van der Waals surface area contributed by atoms with Crippen LogP contribution in [-0.2, 0) is 30.2 Å². The van der Waals surface area contributed by atoms with Gasteiger partial charge in [-0.3, -0.25) is 4.68 Å². The maximum Gasteiger partial charge on any atom is 0.241 e. The summed E-state index contributed by atoms with van der Waals surface area (Å²) in [5.41, 5.74) is 1.57. The topological polar surface area (TPSA) is 76.0 Å². The van der Waals surface area contributed by atoms with Gasteiger partial charge in [0, 0.05) is 19.8 Å². The summed E-state index contributed by atoms with van der Waals surface area (Å²) in [6.07, 6.45) is 1.64. The predicted molar refractivity (Wildman–Crippen MR) is 81.1 cm³/mol. The van der Waals surface area contributed by atoms with Gasteiger partial charge < -0.3 is 5.32 Å². The monoisotopic (exact) mass is 308 g/mol. The van der Waals surface area contributed by atoms with Gasteiger partial charge >= 0.3 is 0 Å². The number of aryl methyl sites for hydroxylation is 1. The van der Waals surface area contributed by atoms with Crippen LogP contribution in [0.5, 0.6) is 0 Å². The van der Waals surface area contributed by atoms with Gasteiger partial charge in [-0.15, -0.1) is 0 Å². The summed E-state index contributed by atoms with van der Waals surface area (Å²) in [6, 6.07) is 8.80. The normalized spacial score (nSPS) is 11.7. The zero-order valence-electron chi connectivity index (χ0n) is 12.2. The third-order valence-corrected chi connectivity index (χ3v) is 4.70. The van der Waals surface area contributed by atoms with E-state index in [4.69, 9.17) is 0 Å². The van der Waals surface area contributed by atoms with Gasteiger partial charge in [-0.25, -0.2) is 13.1 Å². The minimum absolute atomic E-state index is 0.217. The molecular formula is C14H20N4O2S. The van der Waals surface area contributed by atoms with Gasteiger partial charge in [0.05, 0.1) is 17.1 Å². The summed E-state index contributed by atoms with van der Waals surface area (Å²) in [7, 11) is -1.76. The molecule has 21 heavy (non-hydrogen) atoms. The highest BCUT2D eigenvalue weighted by atomic mass is 32.2. The number of hydrogen-bond acceptors (Lipinski definition) is 4. The Morgan fingerprint density at radius 2 is 1.95 bits per heavy atom. The molecule has 0 bridgehead atoms. The molecule has 2 aromatic rings. The van der Waals surface area contributed by atoms with Crippen LogP contribution in [0, 0.1) is 0 Å². The van der Waals surface area contributed by atoms with Crippen molar-refractivity contribution in [3.8, 4) is 0 Å². The first-order valence-corrected chi connectivity index (χ1v) is 8.28. The van der Waals surface area contributed by atoms with Crippen LogP contribution in [0.3, 0.4) is 0 Å². The van der Waals surface area contributed by atoms with E-state index < -0.39 is 10.0 Å². The summed E-state index contributed by atoms with van der Waals surface area (Å²) in [6.45, 7) is 3.52. The van der Waals surface area contributed by atoms with E-state index in [9.17, 15) is 8.42 Å². The molecule has 7 heteroatoms.